The minimum Gasteiger partial charge on any atom is -0.494 e. The van der Waals surface area contributed by atoms with E-state index in [1.165, 1.54) is 7.11 Å². The number of aliphatic imine (C=N–C) groups is 1. The van der Waals surface area contributed by atoms with Crippen LogP contribution in [0.1, 0.15) is 67.2 Å². The van der Waals surface area contributed by atoms with Crippen molar-refractivity contribution in [2.45, 2.75) is 57.1 Å². The molecule has 1 aromatic carbocycles. The number of nitrogens with one attached hydrogen (secondary N) is 1. The molecule has 0 bridgehead atoms. The number of amides is 1. The summed E-state index contributed by atoms with van der Waals surface area (Å²) in [7, 11) is 1.50. The van der Waals surface area contributed by atoms with E-state index in [1.807, 2.05) is 19.9 Å². The number of benzene rings is 1. The summed E-state index contributed by atoms with van der Waals surface area (Å²) >= 11 is 0. The highest BCUT2D eigenvalue weighted by Crippen LogP contribution is 2.39. The Balaban J connectivity index is 1.52. The van der Waals surface area contributed by atoms with Crippen LogP contribution in [-0.2, 0) is 0 Å². The van der Waals surface area contributed by atoms with Crippen LogP contribution >= 0.6 is 0 Å². The van der Waals surface area contributed by atoms with Gasteiger partial charge in [-0.25, -0.2) is 0 Å². The van der Waals surface area contributed by atoms with Gasteiger partial charge in [0.15, 0.2) is 0 Å². The Bertz CT molecular complexity index is 1050. The summed E-state index contributed by atoms with van der Waals surface area (Å²) in [5.41, 5.74) is 7.94. The molecule has 8 heteroatoms. The number of nitrogen functional groups attached to an aromatic ring is 1. The molecule has 0 atom stereocenters. The second kappa shape index (κ2) is 8.43. The second-order valence-electron chi connectivity index (χ2n) is 9.31. The maximum absolute atomic E-state index is 12.9. The van der Waals surface area contributed by atoms with Crippen molar-refractivity contribution in [1.29, 1.82) is 0 Å². The number of hydrogen-bond donors (Lipinski definition) is 4. The number of pyridine rings is 1. The molecule has 170 valence electrons. The van der Waals surface area contributed by atoms with Crippen LogP contribution in [0, 0.1) is 5.92 Å². The van der Waals surface area contributed by atoms with Gasteiger partial charge in [0.05, 0.1) is 24.4 Å². The zero-order valence-corrected chi connectivity index (χ0v) is 18.7. The minimum atomic E-state index is -0.691. The largest absolute Gasteiger partial charge is 0.494 e. The molecule has 0 unspecified atom stereocenters. The molecule has 2 fully saturated rings. The van der Waals surface area contributed by atoms with Gasteiger partial charge in [0.2, 0.25) is 5.69 Å². The van der Waals surface area contributed by atoms with Crippen LogP contribution in [0.2, 0.25) is 0 Å². The van der Waals surface area contributed by atoms with Gasteiger partial charge >= 0.3 is 11.6 Å². The van der Waals surface area contributed by atoms with Crippen LogP contribution in [0.25, 0.3) is 0 Å². The molecule has 0 radical (unpaired) electrons. The maximum atomic E-state index is 12.9. The van der Waals surface area contributed by atoms with E-state index in [0.29, 0.717) is 28.6 Å². The van der Waals surface area contributed by atoms with Crippen molar-refractivity contribution < 1.29 is 24.6 Å². The van der Waals surface area contributed by atoms with E-state index in [4.69, 9.17) is 10.5 Å². The molecular weight excluding hydrogens is 408 g/mol. The molecular formula is C24H31N4O4+. The zero-order valence-electron chi connectivity index (χ0n) is 18.7. The molecule has 32 heavy (non-hydrogen) atoms. The summed E-state index contributed by atoms with van der Waals surface area (Å²) in [6, 6.07) is 8.68. The predicted molar refractivity (Wildman–Crippen MR) is 122 cm³/mol. The molecule has 2 aliphatic carbocycles. The summed E-state index contributed by atoms with van der Waals surface area (Å²) in [5, 5.41) is 23.4. The molecule has 4 rings (SSSR count). The van der Waals surface area contributed by atoms with E-state index in [-0.39, 0.29) is 17.7 Å². The number of carbonyl (C=O) groups is 1. The molecule has 1 aromatic heterocycles. The highest BCUT2D eigenvalue weighted by Gasteiger charge is 2.38. The molecule has 1 heterocycles. The molecule has 8 nitrogen and oxygen atoms in total. The first-order valence-corrected chi connectivity index (χ1v) is 11.0. The zero-order chi connectivity index (χ0) is 23.0. The van der Waals surface area contributed by atoms with Gasteiger partial charge in [-0.15, -0.1) is 0 Å². The smallest absolute Gasteiger partial charge is 0.325 e. The van der Waals surface area contributed by atoms with Crippen LogP contribution < -0.4 is 20.5 Å². The number of aliphatic hydroxyl groups is 1. The molecule has 0 saturated heterocycles. The number of ether oxygens (including phenoxy) is 1. The highest BCUT2D eigenvalue weighted by atomic mass is 16.5. The van der Waals surface area contributed by atoms with Crippen molar-refractivity contribution in [1.82, 2.24) is 0 Å². The monoisotopic (exact) mass is 439 g/mol. The number of anilines is 2. The fourth-order valence-corrected chi connectivity index (χ4v) is 4.03. The lowest BCUT2D eigenvalue weighted by molar-refractivity contribution is -0.910. The molecule has 0 aliphatic heterocycles. The van der Waals surface area contributed by atoms with Gasteiger partial charge in [-0.3, -0.25) is 15.0 Å². The number of methoxy groups -OCH3 is 1. The number of nitrogens with zero attached hydrogens (tertiary/aromatic N) is 2. The lowest BCUT2D eigenvalue weighted by Crippen LogP contribution is -2.43. The Morgan fingerprint density at radius 2 is 2.03 bits per heavy atom. The normalized spacial score (nSPS) is 20.8. The topological polar surface area (TPSA) is 121 Å². The number of nitrogens with two attached hydrogens (primary N) is 1. The van der Waals surface area contributed by atoms with Gasteiger partial charge in [-0.2, -0.15) is 0 Å². The number of carbonyl (C=O) groups excluding carboxylic acids is 1. The lowest BCUT2D eigenvalue weighted by Gasteiger charge is -2.40. The highest BCUT2D eigenvalue weighted by molar-refractivity contribution is 6.04. The Kier molecular flexibility index (Phi) is 5.81. The Hall–Kier alpha value is -3.13. The van der Waals surface area contributed by atoms with Gasteiger partial charge in [-0.05, 0) is 57.6 Å². The molecule has 2 aromatic rings. The molecule has 5 N–H and O–H groups in total. The Labute approximate surface area is 187 Å². The van der Waals surface area contributed by atoms with Gasteiger partial charge in [0.25, 0.3) is 0 Å². The van der Waals surface area contributed by atoms with Crippen LogP contribution in [0.3, 0.4) is 0 Å². The van der Waals surface area contributed by atoms with E-state index >= 15 is 0 Å². The standard InChI is InChI=1S/C24H30N4O4/c1-24(2,30)16-10-17(11-16)26-13-15-9-19(22(32-3)12-18(15)25)27-23(29)21-6-4-5-20(28(21)31)14-7-8-14/h4-6,9,12-14,16-17,25,29-31H,7-8,10-11H2,1-3H3/p+1. The van der Waals surface area contributed by atoms with E-state index in [9.17, 15) is 15.1 Å². The summed E-state index contributed by atoms with van der Waals surface area (Å²) in [6.45, 7) is 3.65. The fourth-order valence-electron chi connectivity index (χ4n) is 4.03. The summed E-state index contributed by atoms with van der Waals surface area (Å²) in [5.74, 6) is 0.503. The van der Waals surface area contributed by atoms with Crippen LogP contribution in [-0.4, -0.2) is 41.2 Å². The number of hydrogen-bond acceptors (Lipinski definition) is 6. The molecule has 2 aliphatic rings. The minimum absolute atomic E-state index is 0.143. The van der Waals surface area contributed by atoms with Crippen molar-refractivity contribution in [3.63, 3.8) is 0 Å². The van der Waals surface area contributed by atoms with E-state index in [1.54, 1.807) is 30.5 Å². The van der Waals surface area contributed by atoms with Crippen molar-refractivity contribution in [2.24, 2.45) is 10.9 Å². The van der Waals surface area contributed by atoms with Gasteiger partial charge in [0, 0.05) is 46.3 Å². The number of rotatable bonds is 7. The summed E-state index contributed by atoms with van der Waals surface area (Å²) < 4.78 is 6.36. The van der Waals surface area contributed by atoms with E-state index in [2.05, 4.69) is 10.3 Å². The Morgan fingerprint density at radius 1 is 1.31 bits per heavy atom. The fraction of sp³-hybridized carbons (Fsp3) is 0.458. The third kappa shape index (κ3) is 4.55. The number of aromatic nitrogens is 1. The SMILES string of the molecule is COc1cc(N)c(C=NC2CC(C(C)(C)O)C2)cc1NC(=O)c1cccc(C2CC2)[n+]1O. The third-order valence-corrected chi connectivity index (χ3v) is 6.41. The summed E-state index contributed by atoms with van der Waals surface area (Å²) in [4.78, 5) is 17.5. The quantitative estimate of drug-likeness (QED) is 0.229. The van der Waals surface area contributed by atoms with Crippen molar-refractivity contribution in [3.8, 4) is 5.75 Å². The van der Waals surface area contributed by atoms with Crippen LogP contribution in [0.5, 0.6) is 5.75 Å². The van der Waals surface area contributed by atoms with Crippen LogP contribution in [0.4, 0.5) is 11.4 Å². The second-order valence-corrected chi connectivity index (χ2v) is 9.31. The summed E-state index contributed by atoms with van der Waals surface area (Å²) in [6.07, 6.45) is 5.38. The van der Waals surface area contributed by atoms with E-state index in [0.717, 1.165) is 36.1 Å². The van der Waals surface area contributed by atoms with Crippen molar-refractivity contribution >= 4 is 23.5 Å². The van der Waals surface area contributed by atoms with Crippen LogP contribution in [0.15, 0.2) is 35.3 Å². The first-order valence-electron chi connectivity index (χ1n) is 11.0. The van der Waals surface area contributed by atoms with Gasteiger partial charge in [0.1, 0.15) is 5.75 Å². The van der Waals surface area contributed by atoms with E-state index < -0.39 is 11.5 Å². The molecule has 2 saturated carbocycles. The van der Waals surface area contributed by atoms with Crippen molar-refractivity contribution in [3.05, 3.63) is 47.3 Å². The van der Waals surface area contributed by atoms with Gasteiger partial charge < -0.3 is 20.9 Å². The first kappa shape index (κ1) is 22.1. The Morgan fingerprint density at radius 3 is 2.66 bits per heavy atom. The molecule has 1 amide bonds. The van der Waals surface area contributed by atoms with Crippen molar-refractivity contribution in [2.75, 3.05) is 18.2 Å². The average Bonchev–Trinajstić information content (AvgIpc) is 3.52. The van der Waals surface area contributed by atoms with Gasteiger partial charge in [-0.1, -0.05) is 0 Å². The first-order chi connectivity index (χ1) is 15.2. The third-order valence-electron chi connectivity index (χ3n) is 6.41. The predicted octanol–water partition coefficient (Wildman–Crippen LogP) is 2.90. The average molecular weight is 440 g/mol. The lowest BCUT2D eigenvalue weighted by atomic mass is 9.71. The molecule has 0 spiro atoms. The maximum Gasteiger partial charge on any atom is 0.325 e.